The van der Waals surface area contributed by atoms with Gasteiger partial charge in [-0.05, 0) is 6.42 Å². The van der Waals surface area contributed by atoms with Crippen LogP contribution in [0.3, 0.4) is 0 Å². The first-order valence-corrected chi connectivity index (χ1v) is 5.09. The van der Waals surface area contributed by atoms with E-state index in [9.17, 15) is 14.9 Å². The summed E-state index contributed by atoms with van der Waals surface area (Å²) in [6.45, 7) is 2.20. The van der Waals surface area contributed by atoms with Gasteiger partial charge in [-0.15, -0.1) is 10.1 Å². The minimum Gasteiger partial charge on any atom is -0.466 e. The van der Waals surface area contributed by atoms with Crippen LogP contribution in [0.25, 0.3) is 0 Å². The normalized spacial score (nSPS) is 9.67. The molecule has 6 nitrogen and oxygen atoms in total. The third-order valence-corrected chi connectivity index (χ3v) is 1.73. The molecule has 0 aliphatic carbocycles. The Kier molecular flexibility index (Phi) is 8.42. The molecule has 0 aromatic heterocycles. The molecule has 0 saturated carbocycles. The fourth-order valence-corrected chi connectivity index (χ4v) is 0.976. The van der Waals surface area contributed by atoms with Crippen molar-refractivity contribution in [2.45, 2.75) is 39.0 Å². The number of esters is 1. The highest BCUT2D eigenvalue weighted by atomic mass is 16.9. The zero-order valence-corrected chi connectivity index (χ0v) is 8.94. The van der Waals surface area contributed by atoms with Gasteiger partial charge >= 0.3 is 5.97 Å². The van der Waals surface area contributed by atoms with Crippen molar-refractivity contribution in [1.29, 1.82) is 0 Å². The number of ether oxygens (including phenoxy) is 1. The third-order valence-electron chi connectivity index (χ3n) is 1.73. The molecule has 0 aromatic carbocycles. The van der Waals surface area contributed by atoms with Crippen LogP contribution in [0.1, 0.15) is 39.0 Å². The van der Waals surface area contributed by atoms with Crippen molar-refractivity contribution in [2.24, 2.45) is 0 Å². The van der Waals surface area contributed by atoms with Crippen molar-refractivity contribution in [3.05, 3.63) is 10.1 Å². The summed E-state index contributed by atoms with van der Waals surface area (Å²) >= 11 is 0. The zero-order valence-electron chi connectivity index (χ0n) is 8.94. The second-order valence-corrected chi connectivity index (χ2v) is 3.09. The average Bonchev–Trinajstić information content (AvgIpc) is 2.17. The highest BCUT2D eigenvalue weighted by Gasteiger charge is 2.02. The van der Waals surface area contributed by atoms with Crippen LogP contribution in [0.5, 0.6) is 0 Å². The largest absolute Gasteiger partial charge is 0.466 e. The van der Waals surface area contributed by atoms with Crippen molar-refractivity contribution in [3.63, 3.8) is 0 Å². The lowest BCUT2D eigenvalue weighted by atomic mass is 10.2. The van der Waals surface area contributed by atoms with Gasteiger partial charge < -0.3 is 9.57 Å². The summed E-state index contributed by atoms with van der Waals surface area (Å²) in [5.41, 5.74) is 0. The molecule has 0 amide bonds. The van der Waals surface area contributed by atoms with E-state index < -0.39 is 5.09 Å². The smallest absolute Gasteiger partial charge is 0.305 e. The Hall–Kier alpha value is -1.33. The molecule has 15 heavy (non-hydrogen) atoms. The highest BCUT2D eigenvalue weighted by Crippen LogP contribution is 2.00. The molecule has 0 spiro atoms. The Morgan fingerprint density at radius 2 is 2.00 bits per heavy atom. The molecule has 0 radical (unpaired) electrons. The maximum absolute atomic E-state index is 11.0. The van der Waals surface area contributed by atoms with Crippen LogP contribution in [-0.4, -0.2) is 24.3 Å². The molecule has 6 heteroatoms. The van der Waals surface area contributed by atoms with Gasteiger partial charge in [-0.2, -0.15) is 0 Å². The summed E-state index contributed by atoms with van der Waals surface area (Å²) in [6.07, 6.45) is 3.68. The molecule has 0 N–H and O–H groups in total. The molecule has 0 aliphatic heterocycles. The predicted molar refractivity (Wildman–Crippen MR) is 52.7 cm³/mol. The summed E-state index contributed by atoms with van der Waals surface area (Å²) in [4.78, 5) is 24.8. The van der Waals surface area contributed by atoms with Gasteiger partial charge in [-0.1, -0.05) is 19.8 Å². The van der Waals surface area contributed by atoms with Gasteiger partial charge in [0.25, 0.3) is 5.09 Å². The van der Waals surface area contributed by atoms with Crippen LogP contribution in [0, 0.1) is 10.1 Å². The van der Waals surface area contributed by atoms with Crippen LogP contribution in [-0.2, 0) is 14.4 Å². The standard InChI is InChI=1S/C9H17NO5/c1-2-3-4-6-9(11)14-7-5-8-15-10(12)13/h2-8H2,1H3. The van der Waals surface area contributed by atoms with E-state index in [-0.39, 0.29) is 19.2 Å². The molecule has 0 rings (SSSR count). The van der Waals surface area contributed by atoms with Crippen LogP contribution < -0.4 is 0 Å². The molecule has 0 fully saturated rings. The van der Waals surface area contributed by atoms with Crippen LogP contribution in [0.15, 0.2) is 0 Å². The number of carbonyl (C=O) groups is 1. The van der Waals surface area contributed by atoms with Gasteiger partial charge in [0, 0.05) is 12.8 Å². The highest BCUT2D eigenvalue weighted by molar-refractivity contribution is 5.69. The Labute approximate surface area is 88.7 Å². The Morgan fingerprint density at radius 1 is 1.27 bits per heavy atom. The first-order chi connectivity index (χ1) is 7.16. The number of hydrogen-bond donors (Lipinski definition) is 0. The maximum Gasteiger partial charge on any atom is 0.305 e. The molecule has 0 saturated heterocycles. The van der Waals surface area contributed by atoms with Gasteiger partial charge in [0.2, 0.25) is 0 Å². The monoisotopic (exact) mass is 219 g/mol. The minimum atomic E-state index is -0.858. The topological polar surface area (TPSA) is 78.7 Å². The number of hydrogen-bond acceptors (Lipinski definition) is 5. The second kappa shape index (κ2) is 9.23. The maximum atomic E-state index is 11.0. The number of rotatable bonds is 9. The summed E-state index contributed by atoms with van der Waals surface area (Å²) in [5.74, 6) is -0.246. The van der Waals surface area contributed by atoms with Crippen molar-refractivity contribution in [3.8, 4) is 0 Å². The zero-order chi connectivity index (χ0) is 11.5. The van der Waals surface area contributed by atoms with E-state index in [2.05, 4.69) is 11.8 Å². The van der Waals surface area contributed by atoms with E-state index >= 15 is 0 Å². The van der Waals surface area contributed by atoms with E-state index in [4.69, 9.17) is 4.74 Å². The van der Waals surface area contributed by atoms with E-state index in [0.29, 0.717) is 12.8 Å². The Bertz CT molecular complexity index is 195. The van der Waals surface area contributed by atoms with Gasteiger partial charge in [0.05, 0.1) is 13.2 Å². The lowest BCUT2D eigenvalue weighted by Gasteiger charge is -2.03. The van der Waals surface area contributed by atoms with Gasteiger partial charge in [0.15, 0.2) is 0 Å². The predicted octanol–water partition coefficient (Wildman–Crippen LogP) is 1.71. The van der Waals surface area contributed by atoms with Crippen LogP contribution >= 0.6 is 0 Å². The summed E-state index contributed by atoms with van der Waals surface area (Å²) in [7, 11) is 0. The fourth-order valence-electron chi connectivity index (χ4n) is 0.976. The molecule has 88 valence electrons. The summed E-state index contributed by atoms with van der Waals surface area (Å²) in [6, 6.07) is 0. The van der Waals surface area contributed by atoms with E-state index in [1.54, 1.807) is 0 Å². The van der Waals surface area contributed by atoms with Crippen LogP contribution in [0.4, 0.5) is 0 Å². The molecule has 0 bridgehead atoms. The van der Waals surface area contributed by atoms with Crippen molar-refractivity contribution in [2.75, 3.05) is 13.2 Å². The molecular formula is C9H17NO5. The summed E-state index contributed by atoms with van der Waals surface area (Å²) in [5, 5.41) is 8.89. The molecular weight excluding hydrogens is 202 g/mol. The van der Waals surface area contributed by atoms with E-state index in [1.807, 2.05) is 0 Å². The molecule has 0 aliphatic rings. The first kappa shape index (κ1) is 13.7. The Balaban J connectivity index is 3.20. The SMILES string of the molecule is CCCCCC(=O)OCCCO[N+](=O)[O-]. The third kappa shape index (κ3) is 10.6. The number of unbranched alkanes of at least 4 members (excludes halogenated alkanes) is 2. The number of carbonyl (C=O) groups excluding carboxylic acids is 1. The van der Waals surface area contributed by atoms with Crippen molar-refractivity contribution in [1.82, 2.24) is 0 Å². The quantitative estimate of drug-likeness (QED) is 0.255. The lowest BCUT2D eigenvalue weighted by Crippen LogP contribution is -2.09. The molecule has 0 atom stereocenters. The lowest BCUT2D eigenvalue weighted by molar-refractivity contribution is -0.757. The Morgan fingerprint density at radius 3 is 2.60 bits per heavy atom. The molecule has 0 aromatic rings. The van der Waals surface area contributed by atoms with E-state index in [0.717, 1.165) is 19.3 Å². The summed E-state index contributed by atoms with van der Waals surface area (Å²) < 4.78 is 4.83. The molecule has 0 heterocycles. The fraction of sp³-hybridized carbons (Fsp3) is 0.889. The van der Waals surface area contributed by atoms with Crippen molar-refractivity contribution >= 4 is 5.97 Å². The number of nitrogens with zero attached hydrogens (tertiary/aromatic N) is 1. The first-order valence-electron chi connectivity index (χ1n) is 5.09. The molecule has 0 unspecified atom stereocenters. The average molecular weight is 219 g/mol. The van der Waals surface area contributed by atoms with Crippen molar-refractivity contribution < 1.29 is 19.5 Å². The van der Waals surface area contributed by atoms with Gasteiger partial charge in [0.1, 0.15) is 0 Å². The van der Waals surface area contributed by atoms with Crippen LogP contribution in [0.2, 0.25) is 0 Å². The van der Waals surface area contributed by atoms with Gasteiger partial charge in [-0.3, -0.25) is 4.79 Å². The minimum absolute atomic E-state index is 0.0325. The van der Waals surface area contributed by atoms with E-state index in [1.165, 1.54) is 0 Å². The van der Waals surface area contributed by atoms with Gasteiger partial charge in [-0.25, -0.2) is 0 Å². The second-order valence-electron chi connectivity index (χ2n) is 3.09.